The van der Waals surface area contributed by atoms with Crippen LogP contribution in [-0.2, 0) is 9.59 Å². The third kappa shape index (κ3) is 2.60. The number of nitrogens with one attached hydrogen (secondary N) is 2. The van der Waals surface area contributed by atoms with Crippen molar-refractivity contribution in [3.05, 3.63) is 72.8 Å². The molecule has 3 aromatic rings. The second-order valence-corrected chi connectivity index (χ2v) is 9.61. The number of rotatable bonds is 4. The van der Waals surface area contributed by atoms with Gasteiger partial charge in [0.15, 0.2) is 5.78 Å². The largest absolute Gasteiger partial charge is 0.325 e. The predicted molar refractivity (Wildman–Crippen MR) is 129 cm³/mol. The molecule has 2 saturated carbocycles. The van der Waals surface area contributed by atoms with Crippen LogP contribution in [0.25, 0.3) is 10.8 Å². The molecule has 0 saturated heterocycles. The monoisotopic (exact) mass is 425 g/mol. The molecule has 5 rings (SSSR count). The zero-order valence-electron chi connectivity index (χ0n) is 18.6. The zero-order valence-corrected chi connectivity index (χ0v) is 18.6. The number of carbonyl (C=O) groups excluding carboxylic acids is 2. The molecule has 2 aliphatic carbocycles. The first-order chi connectivity index (χ1) is 15.3. The number of anilines is 2. The number of nitrogens with zero attached hydrogens (tertiary/aromatic N) is 1. The van der Waals surface area contributed by atoms with E-state index in [9.17, 15) is 9.59 Å². The van der Waals surface area contributed by atoms with Crippen molar-refractivity contribution in [2.75, 3.05) is 10.7 Å². The van der Waals surface area contributed by atoms with Crippen molar-refractivity contribution in [3.8, 4) is 0 Å². The van der Waals surface area contributed by atoms with E-state index in [2.05, 4.69) is 22.8 Å². The summed E-state index contributed by atoms with van der Waals surface area (Å²) in [6.07, 6.45) is 1.26. The molecule has 2 atom stereocenters. The van der Waals surface area contributed by atoms with Crippen LogP contribution in [0.1, 0.15) is 33.6 Å². The van der Waals surface area contributed by atoms with Crippen LogP contribution in [0.3, 0.4) is 0 Å². The van der Waals surface area contributed by atoms with Gasteiger partial charge in [0.2, 0.25) is 5.91 Å². The molecule has 3 aromatic carbocycles. The summed E-state index contributed by atoms with van der Waals surface area (Å²) in [4.78, 5) is 27.6. The number of hydrogen-bond donors (Lipinski definition) is 2. The van der Waals surface area contributed by atoms with E-state index in [1.807, 2.05) is 86.6 Å². The number of para-hydroxylation sites is 1. The summed E-state index contributed by atoms with van der Waals surface area (Å²) >= 11 is 0. The Balaban J connectivity index is 1.53. The van der Waals surface area contributed by atoms with Gasteiger partial charge >= 0.3 is 0 Å². The Hall–Kier alpha value is -3.47. The van der Waals surface area contributed by atoms with Gasteiger partial charge < -0.3 is 5.32 Å². The van der Waals surface area contributed by atoms with Gasteiger partial charge in [-0.2, -0.15) is 5.10 Å². The van der Waals surface area contributed by atoms with Gasteiger partial charge in [-0.15, -0.1) is 0 Å². The molecule has 2 unspecified atom stereocenters. The highest BCUT2D eigenvalue weighted by Crippen LogP contribution is 2.69. The summed E-state index contributed by atoms with van der Waals surface area (Å²) < 4.78 is 0. The molecule has 2 bridgehead atoms. The van der Waals surface area contributed by atoms with Crippen LogP contribution in [0.5, 0.6) is 0 Å². The summed E-state index contributed by atoms with van der Waals surface area (Å²) in [6.45, 7) is 6.13. The van der Waals surface area contributed by atoms with Crippen LogP contribution in [-0.4, -0.2) is 17.4 Å². The number of hydrogen-bond acceptors (Lipinski definition) is 4. The van der Waals surface area contributed by atoms with E-state index in [0.717, 1.165) is 28.6 Å². The van der Waals surface area contributed by atoms with Gasteiger partial charge in [-0.1, -0.05) is 75.4 Å². The standard InChI is InChI=1S/C27H27N3O2/c1-25(2)26(3)16-17-27(25,23(31)22(26)30-29-19-12-5-4-6-13-19)24(32)28-21-15-9-11-18-10-7-8-14-20(18)21/h4-15,29H,16-17H2,1-3H3,(H,28,32)/b30-22+. The molecule has 0 aliphatic heterocycles. The van der Waals surface area contributed by atoms with E-state index >= 15 is 0 Å². The van der Waals surface area contributed by atoms with Crippen LogP contribution < -0.4 is 10.7 Å². The summed E-state index contributed by atoms with van der Waals surface area (Å²) in [5.41, 5.74) is 2.84. The molecule has 2 aliphatic rings. The predicted octanol–water partition coefficient (Wildman–Crippen LogP) is 5.64. The van der Waals surface area contributed by atoms with E-state index in [1.54, 1.807) is 0 Å². The Morgan fingerprint density at radius 1 is 0.875 bits per heavy atom. The Bertz CT molecular complexity index is 1260. The van der Waals surface area contributed by atoms with Crippen molar-refractivity contribution < 1.29 is 9.59 Å². The number of hydrazone groups is 1. The fourth-order valence-electron chi connectivity index (χ4n) is 5.67. The lowest BCUT2D eigenvalue weighted by molar-refractivity contribution is -0.139. The number of fused-ring (bicyclic) bond motifs is 3. The Morgan fingerprint density at radius 2 is 1.56 bits per heavy atom. The molecule has 2 fully saturated rings. The molecule has 0 aromatic heterocycles. The minimum Gasteiger partial charge on any atom is -0.325 e. The van der Waals surface area contributed by atoms with Gasteiger partial charge in [0.05, 0.1) is 5.69 Å². The lowest BCUT2D eigenvalue weighted by Crippen LogP contribution is -2.47. The number of Topliss-reactive ketones (excluding diaryl/α,β-unsaturated/α-hetero) is 1. The number of carbonyl (C=O) groups is 2. The highest BCUT2D eigenvalue weighted by molar-refractivity contribution is 6.51. The zero-order chi connectivity index (χ0) is 22.6. The summed E-state index contributed by atoms with van der Waals surface area (Å²) in [5, 5.41) is 9.66. The van der Waals surface area contributed by atoms with Crippen molar-refractivity contribution >= 4 is 39.5 Å². The molecule has 5 heteroatoms. The van der Waals surface area contributed by atoms with E-state index in [0.29, 0.717) is 12.1 Å². The maximum absolute atomic E-state index is 13.8. The van der Waals surface area contributed by atoms with Crippen molar-refractivity contribution in [1.29, 1.82) is 0 Å². The maximum atomic E-state index is 13.8. The van der Waals surface area contributed by atoms with Crippen molar-refractivity contribution in [3.63, 3.8) is 0 Å². The Kier molecular flexibility index (Phi) is 4.48. The van der Waals surface area contributed by atoms with E-state index in [4.69, 9.17) is 0 Å². The van der Waals surface area contributed by atoms with E-state index < -0.39 is 16.2 Å². The van der Waals surface area contributed by atoms with Gasteiger partial charge in [-0.25, -0.2) is 0 Å². The molecule has 0 spiro atoms. The third-order valence-corrected chi connectivity index (χ3v) is 8.07. The number of amides is 1. The fraction of sp³-hybridized carbons (Fsp3) is 0.296. The van der Waals surface area contributed by atoms with Gasteiger partial charge in [0.25, 0.3) is 0 Å². The second-order valence-electron chi connectivity index (χ2n) is 9.61. The van der Waals surface area contributed by atoms with Crippen molar-refractivity contribution in [2.24, 2.45) is 21.3 Å². The van der Waals surface area contributed by atoms with Crippen LogP contribution in [0.2, 0.25) is 0 Å². The van der Waals surface area contributed by atoms with Crippen molar-refractivity contribution in [2.45, 2.75) is 33.6 Å². The quantitative estimate of drug-likeness (QED) is 0.420. The minimum atomic E-state index is -1.14. The van der Waals surface area contributed by atoms with Gasteiger partial charge in [0, 0.05) is 16.5 Å². The molecule has 1 amide bonds. The first kappa shape index (κ1) is 20.4. The third-order valence-electron chi connectivity index (χ3n) is 8.07. The Labute approximate surface area is 187 Å². The average molecular weight is 426 g/mol. The first-order valence-corrected chi connectivity index (χ1v) is 11.0. The molecule has 162 valence electrons. The van der Waals surface area contributed by atoms with E-state index in [1.165, 1.54) is 0 Å². The molecule has 32 heavy (non-hydrogen) atoms. The molecule has 5 nitrogen and oxygen atoms in total. The van der Waals surface area contributed by atoms with E-state index in [-0.39, 0.29) is 11.7 Å². The average Bonchev–Trinajstić information content (AvgIpc) is 3.08. The van der Waals surface area contributed by atoms with Crippen LogP contribution >= 0.6 is 0 Å². The lowest BCUT2D eigenvalue weighted by atomic mass is 9.64. The Morgan fingerprint density at radius 3 is 2.34 bits per heavy atom. The molecular weight excluding hydrogens is 398 g/mol. The first-order valence-electron chi connectivity index (χ1n) is 11.0. The van der Waals surface area contributed by atoms with Gasteiger partial charge in [0.1, 0.15) is 11.1 Å². The number of ketones is 1. The smallest absolute Gasteiger partial charge is 0.239 e. The molecule has 2 N–H and O–H groups in total. The van der Waals surface area contributed by atoms with Gasteiger partial charge in [-0.05, 0) is 41.8 Å². The molecular formula is C27H27N3O2. The molecule has 0 heterocycles. The van der Waals surface area contributed by atoms with Crippen LogP contribution in [0, 0.1) is 16.2 Å². The molecule has 0 radical (unpaired) electrons. The highest BCUT2D eigenvalue weighted by atomic mass is 16.2. The van der Waals surface area contributed by atoms with Gasteiger partial charge in [-0.3, -0.25) is 15.0 Å². The van der Waals surface area contributed by atoms with Crippen LogP contribution in [0.15, 0.2) is 77.9 Å². The number of benzene rings is 3. The topological polar surface area (TPSA) is 70.6 Å². The normalized spacial score (nSPS) is 27.1. The lowest BCUT2D eigenvalue weighted by Gasteiger charge is -2.37. The van der Waals surface area contributed by atoms with Crippen LogP contribution in [0.4, 0.5) is 11.4 Å². The second kappa shape index (κ2) is 7.02. The summed E-state index contributed by atoms with van der Waals surface area (Å²) in [6, 6.07) is 23.3. The fourth-order valence-corrected chi connectivity index (χ4v) is 5.67. The maximum Gasteiger partial charge on any atom is 0.239 e. The SMILES string of the molecule is CC12CCC(C(=O)Nc3cccc4ccccc34)(C(=O)/C1=N\Nc1ccccc1)C2(C)C. The minimum absolute atomic E-state index is 0.169. The summed E-state index contributed by atoms with van der Waals surface area (Å²) in [5.74, 6) is -0.407. The summed E-state index contributed by atoms with van der Waals surface area (Å²) in [7, 11) is 0. The van der Waals surface area contributed by atoms with Crippen molar-refractivity contribution in [1.82, 2.24) is 0 Å². The highest BCUT2D eigenvalue weighted by Gasteiger charge is 2.76.